The number of anilines is 1. The summed E-state index contributed by atoms with van der Waals surface area (Å²) in [6.45, 7) is 6.71. The fraction of sp³-hybridized carbons (Fsp3) is 0.429. The van der Waals surface area contributed by atoms with E-state index < -0.39 is 0 Å². The SMILES string of the molecule is Cc1ccsc1CNC(=O)Nc1cn(C)nc1C(C)C. The van der Waals surface area contributed by atoms with Gasteiger partial charge in [-0.3, -0.25) is 4.68 Å². The predicted octanol–water partition coefficient (Wildman–Crippen LogP) is 3.24. The largest absolute Gasteiger partial charge is 0.333 e. The average Bonchev–Trinajstić information content (AvgIpc) is 2.93. The number of aryl methyl sites for hydroxylation is 2. The fourth-order valence-electron chi connectivity index (χ4n) is 1.94. The van der Waals surface area contributed by atoms with Crippen LogP contribution in [0, 0.1) is 6.92 Å². The molecule has 20 heavy (non-hydrogen) atoms. The van der Waals surface area contributed by atoms with E-state index in [1.54, 1.807) is 16.0 Å². The number of nitrogens with one attached hydrogen (secondary N) is 2. The zero-order chi connectivity index (χ0) is 14.7. The highest BCUT2D eigenvalue weighted by atomic mass is 32.1. The lowest BCUT2D eigenvalue weighted by Crippen LogP contribution is -2.28. The van der Waals surface area contributed by atoms with Crippen LogP contribution in [0.25, 0.3) is 0 Å². The first-order valence-corrected chi connectivity index (χ1v) is 7.46. The number of thiophene rings is 1. The van der Waals surface area contributed by atoms with E-state index in [-0.39, 0.29) is 11.9 Å². The van der Waals surface area contributed by atoms with Crippen molar-refractivity contribution in [2.45, 2.75) is 33.2 Å². The number of hydrogen-bond acceptors (Lipinski definition) is 3. The molecule has 0 aliphatic heterocycles. The second-order valence-electron chi connectivity index (χ2n) is 5.09. The van der Waals surface area contributed by atoms with Gasteiger partial charge in [0.15, 0.2) is 0 Å². The molecule has 2 N–H and O–H groups in total. The molecular formula is C14H20N4OS. The third-order valence-corrected chi connectivity index (χ3v) is 4.05. The van der Waals surface area contributed by atoms with Crippen LogP contribution in [-0.4, -0.2) is 15.8 Å². The number of amides is 2. The normalized spacial score (nSPS) is 10.8. The van der Waals surface area contributed by atoms with E-state index in [1.165, 1.54) is 10.4 Å². The van der Waals surface area contributed by atoms with Crippen molar-refractivity contribution in [3.05, 3.63) is 33.8 Å². The minimum absolute atomic E-state index is 0.201. The van der Waals surface area contributed by atoms with E-state index in [2.05, 4.69) is 35.6 Å². The summed E-state index contributed by atoms with van der Waals surface area (Å²) in [5.74, 6) is 0.269. The fourth-order valence-corrected chi connectivity index (χ4v) is 2.79. The van der Waals surface area contributed by atoms with Crippen LogP contribution < -0.4 is 10.6 Å². The number of rotatable bonds is 4. The van der Waals surface area contributed by atoms with Crippen molar-refractivity contribution in [1.29, 1.82) is 0 Å². The number of nitrogens with zero attached hydrogens (tertiary/aromatic N) is 2. The molecule has 0 radical (unpaired) electrons. The van der Waals surface area contributed by atoms with E-state index in [1.807, 2.05) is 25.5 Å². The van der Waals surface area contributed by atoms with Crippen LogP contribution in [0.1, 0.15) is 35.9 Å². The van der Waals surface area contributed by atoms with Crippen LogP contribution in [0.5, 0.6) is 0 Å². The van der Waals surface area contributed by atoms with Gasteiger partial charge in [-0.25, -0.2) is 4.79 Å². The highest BCUT2D eigenvalue weighted by Gasteiger charge is 2.13. The summed E-state index contributed by atoms with van der Waals surface area (Å²) in [5.41, 5.74) is 2.87. The Bertz CT molecular complexity index is 600. The lowest BCUT2D eigenvalue weighted by atomic mass is 10.1. The minimum atomic E-state index is -0.201. The number of carbonyl (C=O) groups excluding carboxylic acids is 1. The first kappa shape index (κ1) is 14.6. The Hall–Kier alpha value is -1.82. The maximum Gasteiger partial charge on any atom is 0.319 e. The van der Waals surface area contributed by atoms with E-state index in [0.717, 1.165) is 11.4 Å². The molecule has 0 fully saturated rings. The molecule has 2 heterocycles. The van der Waals surface area contributed by atoms with Gasteiger partial charge in [-0.15, -0.1) is 11.3 Å². The van der Waals surface area contributed by atoms with Crippen molar-refractivity contribution in [1.82, 2.24) is 15.1 Å². The van der Waals surface area contributed by atoms with Crippen molar-refractivity contribution >= 4 is 23.1 Å². The second-order valence-corrected chi connectivity index (χ2v) is 6.09. The van der Waals surface area contributed by atoms with Gasteiger partial charge in [0, 0.05) is 18.1 Å². The molecule has 0 atom stereocenters. The third kappa shape index (κ3) is 3.39. The summed E-state index contributed by atoms with van der Waals surface area (Å²) < 4.78 is 1.72. The van der Waals surface area contributed by atoms with Gasteiger partial charge in [-0.2, -0.15) is 5.10 Å². The topological polar surface area (TPSA) is 59.0 Å². The van der Waals surface area contributed by atoms with Gasteiger partial charge in [0.25, 0.3) is 0 Å². The van der Waals surface area contributed by atoms with Gasteiger partial charge in [0.1, 0.15) is 0 Å². The van der Waals surface area contributed by atoms with Crippen LogP contribution in [0.15, 0.2) is 17.6 Å². The second kappa shape index (κ2) is 6.09. The van der Waals surface area contributed by atoms with E-state index in [0.29, 0.717) is 6.54 Å². The Kier molecular flexibility index (Phi) is 4.44. The van der Waals surface area contributed by atoms with E-state index in [9.17, 15) is 4.79 Å². The van der Waals surface area contributed by atoms with Gasteiger partial charge < -0.3 is 10.6 Å². The molecule has 2 amide bonds. The molecule has 2 aromatic rings. The third-order valence-electron chi connectivity index (χ3n) is 3.03. The Morgan fingerprint density at radius 3 is 2.85 bits per heavy atom. The summed E-state index contributed by atoms with van der Waals surface area (Å²) in [5, 5.41) is 12.1. The van der Waals surface area contributed by atoms with Gasteiger partial charge in [0.05, 0.1) is 17.9 Å². The standard InChI is InChI=1S/C14H20N4OS/c1-9(2)13-11(8-18(4)17-13)16-14(19)15-7-12-10(3)5-6-20-12/h5-6,8-9H,7H2,1-4H3,(H2,15,16,19). The molecule has 0 aromatic carbocycles. The number of urea groups is 1. The molecule has 0 bridgehead atoms. The number of carbonyl (C=O) groups is 1. The Morgan fingerprint density at radius 1 is 1.50 bits per heavy atom. The summed E-state index contributed by atoms with van der Waals surface area (Å²) >= 11 is 1.65. The smallest absolute Gasteiger partial charge is 0.319 e. The molecule has 0 saturated heterocycles. The molecule has 2 rings (SSSR count). The molecule has 2 aromatic heterocycles. The van der Waals surface area contributed by atoms with Gasteiger partial charge >= 0.3 is 6.03 Å². The van der Waals surface area contributed by atoms with Gasteiger partial charge in [-0.1, -0.05) is 13.8 Å². The summed E-state index contributed by atoms with van der Waals surface area (Å²) in [7, 11) is 1.85. The summed E-state index contributed by atoms with van der Waals surface area (Å²) in [6, 6.07) is 1.85. The van der Waals surface area contributed by atoms with Crippen LogP contribution >= 0.6 is 11.3 Å². The molecule has 0 spiro atoms. The Morgan fingerprint density at radius 2 is 2.25 bits per heavy atom. The summed E-state index contributed by atoms with van der Waals surface area (Å²) in [4.78, 5) is 13.1. The van der Waals surface area contributed by atoms with E-state index in [4.69, 9.17) is 0 Å². The Labute approximate surface area is 123 Å². The quantitative estimate of drug-likeness (QED) is 0.909. The van der Waals surface area contributed by atoms with Gasteiger partial charge in [0.2, 0.25) is 0 Å². The van der Waals surface area contributed by atoms with E-state index >= 15 is 0 Å². The Balaban J connectivity index is 1.96. The molecule has 6 heteroatoms. The molecule has 0 aliphatic carbocycles. The van der Waals surface area contributed by atoms with Crippen molar-refractivity contribution in [3.8, 4) is 0 Å². The first-order chi connectivity index (χ1) is 9.47. The van der Waals surface area contributed by atoms with Crippen molar-refractivity contribution < 1.29 is 4.79 Å². The predicted molar refractivity (Wildman–Crippen MR) is 82.2 cm³/mol. The average molecular weight is 292 g/mol. The highest BCUT2D eigenvalue weighted by molar-refractivity contribution is 7.10. The maximum absolute atomic E-state index is 11.9. The van der Waals surface area contributed by atoms with Crippen molar-refractivity contribution in [3.63, 3.8) is 0 Å². The molecule has 0 aliphatic rings. The minimum Gasteiger partial charge on any atom is -0.333 e. The van der Waals surface area contributed by atoms with Crippen LogP contribution in [0.4, 0.5) is 10.5 Å². The zero-order valence-corrected chi connectivity index (χ0v) is 13.0. The first-order valence-electron chi connectivity index (χ1n) is 6.58. The maximum atomic E-state index is 11.9. The molecular weight excluding hydrogens is 272 g/mol. The monoisotopic (exact) mass is 292 g/mol. The number of aromatic nitrogens is 2. The molecule has 0 unspecified atom stereocenters. The lowest BCUT2D eigenvalue weighted by Gasteiger charge is -2.08. The van der Waals surface area contributed by atoms with Crippen LogP contribution in [0.3, 0.4) is 0 Å². The van der Waals surface area contributed by atoms with Crippen molar-refractivity contribution in [2.75, 3.05) is 5.32 Å². The number of hydrogen-bond donors (Lipinski definition) is 2. The lowest BCUT2D eigenvalue weighted by molar-refractivity contribution is 0.252. The summed E-state index contributed by atoms with van der Waals surface area (Å²) in [6.07, 6.45) is 1.82. The van der Waals surface area contributed by atoms with Crippen LogP contribution in [0.2, 0.25) is 0 Å². The highest BCUT2D eigenvalue weighted by Crippen LogP contribution is 2.22. The van der Waals surface area contributed by atoms with Crippen molar-refractivity contribution in [2.24, 2.45) is 7.05 Å². The molecule has 5 nitrogen and oxygen atoms in total. The molecule has 0 saturated carbocycles. The zero-order valence-electron chi connectivity index (χ0n) is 12.2. The van der Waals surface area contributed by atoms with Crippen LogP contribution in [-0.2, 0) is 13.6 Å². The molecule has 108 valence electrons. The van der Waals surface area contributed by atoms with Gasteiger partial charge in [-0.05, 0) is 29.9 Å².